The summed E-state index contributed by atoms with van der Waals surface area (Å²) in [6.07, 6.45) is 3.71. The van der Waals surface area contributed by atoms with Crippen molar-refractivity contribution in [3.8, 4) is 0 Å². The molecule has 0 radical (unpaired) electrons. The quantitative estimate of drug-likeness (QED) is 0.750. The zero-order chi connectivity index (χ0) is 17.2. The highest BCUT2D eigenvalue weighted by atomic mass is 35.5. The van der Waals surface area contributed by atoms with Crippen LogP contribution in [0.4, 0.5) is 5.95 Å². The monoisotopic (exact) mass is 356 g/mol. The summed E-state index contributed by atoms with van der Waals surface area (Å²) in [6, 6.07) is 7.72. The minimum Gasteiger partial charge on any atom is -0.343 e. The van der Waals surface area contributed by atoms with Gasteiger partial charge in [-0.25, -0.2) is 15.0 Å². The van der Waals surface area contributed by atoms with Crippen LogP contribution in [0.5, 0.6) is 0 Å². The fourth-order valence-electron chi connectivity index (χ4n) is 2.92. The lowest BCUT2D eigenvalue weighted by Crippen LogP contribution is -2.27. The van der Waals surface area contributed by atoms with E-state index in [0.29, 0.717) is 11.8 Å². The van der Waals surface area contributed by atoms with Crippen molar-refractivity contribution in [2.24, 2.45) is 0 Å². The Labute approximate surface area is 149 Å². The molecular weight excluding hydrogens is 340 g/mol. The van der Waals surface area contributed by atoms with Crippen molar-refractivity contribution >= 4 is 34.5 Å². The molecule has 0 spiro atoms. The molecule has 1 fully saturated rings. The molecule has 0 saturated carbocycles. The predicted molar refractivity (Wildman–Crippen MR) is 95.8 cm³/mol. The van der Waals surface area contributed by atoms with Gasteiger partial charge in [-0.05, 0) is 25.0 Å². The van der Waals surface area contributed by atoms with Crippen LogP contribution in [0.2, 0.25) is 5.02 Å². The van der Waals surface area contributed by atoms with E-state index in [4.69, 9.17) is 11.6 Å². The second kappa shape index (κ2) is 6.68. The van der Waals surface area contributed by atoms with E-state index in [1.54, 1.807) is 0 Å². The number of para-hydroxylation sites is 2. The molecule has 2 N–H and O–H groups in total. The molecule has 7 nitrogen and oxygen atoms in total. The standard InChI is InChI=1S/C17H17ClN6O/c18-11-9-20-17(24-7-3-4-8-24)23-15(11)16(25)19-10-14-21-12-5-1-2-6-13(12)22-14/h1-2,5-6,9H,3-4,7-8,10H2,(H,19,25)(H,21,22). The van der Waals surface area contributed by atoms with E-state index in [1.165, 1.54) is 6.20 Å². The van der Waals surface area contributed by atoms with Gasteiger partial charge in [-0.2, -0.15) is 0 Å². The lowest BCUT2D eigenvalue weighted by Gasteiger charge is -2.15. The number of aromatic nitrogens is 4. The minimum absolute atomic E-state index is 0.190. The lowest BCUT2D eigenvalue weighted by molar-refractivity contribution is 0.0945. The number of hydrogen-bond donors (Lipinski definition) is 2. The van der Waals surface area contributed by atoms with Gasteiger partial charge in [-0.1, -0.05) is 23.7 Å². The van der Waals surface area contributed by atoms with Gasteiger partial charge in [-0.3, -0.25) is 4.79 Å². The number of halogens is 1. The van der Waals surface area contributed by atoms with Crippen LogP contribution < -0.4 is 10.2 Å². The first-order valence-electron chi connectivity index (χ1n) is 8.20. The number of carbonyl (C=O) groups is 1. The number of hydrogen-bond acceptors (Lipinski definition) is 5. The molecule has 4 rings (SSSR count). The van der Waals surface area contributed by atoms with Gasteiger partial charge >= 0.3 is 0 Å². The maximum atomic E-state index is 12.5. The summed E-state index contributed by atoms with van der Waals surface area (Å²) in [6.45, 7) is 2.08. The summed E-state index contributed by atoms with van der Waals surface area (Å²) >= 11 is 6.12. The predicted octanol–water partition coefficient (Wildman–Crippen LogP) is 2.54. The summed E-state index contributed by atoms with van der Waals surface area (Å²) in [5.41, 5.74) is 1.99. The molecule has 1 aliphatic rings. The molecule has 0 atom stereocenters. The minimum atomic E-state index is -0.340. The van der Waals surface area contributed by atoms with Crippen molar-refractivity contribution < 1.29 is 4.79 Å². The first-order chi connectivity index (χ1) is 12.2. The molecule has 0 bridgehead atoms. The number of nitrogens with zero attached hydrogens (tertiary/aromatic N) is 4. The Kier molecular flexibility index (Phi) is 4.23. The largest absolute Gasteiger partial charge is 0.343 e. The Morgan fingerprint density at radius 1 is 1.24 bits per heavy atom. The number of aromatic amines is 1. The Hall–Kier alpha value is -2.67. The maximum Gasteiger partial charge on any atom is 0.272 e. The number of imidazole rings is 1. The Morgan fingerprint density at radius 3 is 2.84 bits per heavy atom. The molecule has 1 aromatic carbocycles. The summed E-state index contributed by atoms with van der Waals surface area (Å²) < 4.78 is 0. The molecular formula is C17H17ClN6O. The van der Waals surface area contributed by atoms with Gasteiger partial charge in [0.15, 0.2) is 5.69 Å². The molecule has 1 amide bonds. The van der Waals surface area contributed by atoms with Crippen molar-refractivity contribution in [3.05, 3.63) is 47.0 Å². The maximum absolute atomic E-state index is 12.5. The van der Waals surface area contributed by atoms with Crippen LogP contribution in [0, 0.1) is 0 Å². The highest BCUT2D eigenvalue weighted by Crippen LogP contribution is 2.20. The fourth-order valence-corrected chi connectivity index (χ4v) is 3.10. The van der Waals surface area contributed by atoms with Gasteiger partial charge in [0.1, 0.15) is 5.82 Å². The average Bonchev–Trinajstić information content (AvgIpc) is 3.29. The highest BCUT2D eigenvalue weighted by Gasteiger charge is 2.19. The molecule has 3 aromatic rings. The second-order valence-corrected chi connectivity index (χ2v) is 6.35. The van der Waals surface area contributed by atoms with Crippen LogP contribution >= 0.6 is 11.6 Å². The van der Waals surface area contributed by atoms with E-state index >= 15 is 0 Å². The molecule has 3 heterocycles. The van der Waals surface area contributed by atoms with Crippen molar-refractivity contribution in [2.45, 2.75) is 19.4 Å². The summed E-state index contributed by atoms with van der Waals surface area (Å²) in [5.74, 6) is 0.892. The number of fused-ring (bicyclic) bond motifs is 1. The third kappa shape index (κ3) is 3.28. The average molecular weight is 357 g/mol. The van der Waals surface area contributed by atoms with Gasteiger partial charge in [-0.15, -0.1) is 0 Å². The van der Waals surface area contributed by atoms with E-state index in [9.17, 15) is 4.79 Å². The van der Waals surface area contributed by atoms with Crippen LogP contribution in [0.1, 0.15) is 29.2 Å². The Morgan fingerprint density at radius 2 is 2.04 bits per heavy atom. The topological polar surface area (TPSA) is 86.8 Å². The summed E-state index contributed by atoms with van der Waals surface area (Å²) in [7, 11) is 0. The number of anilines is 1. The van der Waals surface area contributed by atoms with E-state index in [0.717, 1.165) is 37.0 Å². The van der Waals surface area contributed by atoms with Crippen LogP contribution in [-0.2, 0) is 6.54 Å². The van der Waals surface area contributed by atoms with E-state index in [2.05, 4.69) is 30.2 Å². The summed E-state index contributed by atoms with van der Waals surface area (Å²) in [5, 5.41) is 3.05. The van der Waals surface area contributed by atoms with Crippen LogP contribution in [0.3, 0.4) is 0 Å². The third-order valence-electron chi connectivity index (χ3n) is 4.19. The second-order valence-electron chi connectivity index (χ2n) is 5.94. The molecule has 0 aliphatic carbocycles. The number of nitrogens with one attached hydrogen (secondary N) is 2. The van der Waals surface area contributed by atoms with Crippen molar-refractivity contribution in [2.75, 3.05) is 18.0 Å². The Balaban J connectivity index is 1.49. The van der Waals surface area contributed by atoms with Crippen LogP contribution in [0.15, 0.2) is 30.5 Å². The van der Waals surface area contributed by atoms with Gasteiger partial charge in [0.25, 0.3) is 5.91 Å². The molecule has 2 aromatic heterocycles. The number of rotatable bonds is 4. The van der Waals surface area contributed by atoms with Crippen molar-refractivity contribution in [1.29, 1.82) is 0 Å². The van der Waals surface area contributed by atoms with E-state index in [1.807, 2.05) is 24.3 Å². The molecule has 0 unspecified atom stereocenters. The number of amides is 1. The highest BCUT2D eigenvalue weighted by molar-refractivity contribution is 6.33. The van der Waals surface area contributed by atoms with Crippen LogP contribution in [0.25, 0.3) is 11.0 Å². The number of benzene rings is 1. The number of H-pyrrole nitrogens is 1. The fraction of sp³-hybridized carbons (Fsp3) is 0.294. The normalized spacial score (nSPS) is 14.2. The summed E-state index contributed by atoms with van der Waals surface area (Å²) in [4.78, 5) is 30.7. The first-order valence-corrected chi connectivity index (χ1v) is 8.58. The zero-order valence-electron chi connectivity index (χ0n) is 13.5. The molecule has 128 valence electrons. The zero-order valence-corrected chi connectivity index (χ0v) is 14.3. The molecule has 1 aliphatic heterocycles. The molecule has 8 heteroatoms. The van der Waals surface area contributed by atoms with Gasteiger partial charge in [0.05, 0.1) is 28.8 Å². The molecule has 1 saturated heterocycles. The van der Waals surface area contributed by atoms with Crippen LogP contribution in [-0.4, -0.2) is 38.9 Å². The lowest BCUT2D eigenvalue weighted by atomic mass is 10.3. The van der Waals surface area contributed by atoms with E-state index < -0.39 is 0 Å². The Bertz CT molecular complexity index is 885. The SMILES string of the molecule is O=C(NCc1nc2ccccc2[nH]1)c1nc(N2CCCC2)ncc1Cl. The van der Waals surface area contributed by atoms with Gasteiger partial charge in [0, 0.05) is 13.1 Å². The third-order valence-corrected chi connectivity index (χ3v) is 4.47. The smallest absolute Gasteiger partial charge is 0.272 e. The van der Waals surface area contributed by atoms with E-state index in [-0.39, 0.29) is 23.2 Å². The number of carbonyl (C=O) groups excluding carboxylic acids is 1. The first kappa shape index (κ1) is 15.8. The van der Waals surface area contributed by atoms with Gasteiger partial charge < -0.3 is 15.2 Å². The molecule has 25 heavy (non-hydrogen) atoms. The van der Waals surface area contributed by atoms with Gasteiger partial charge in [0.2, 0.25) is 5.95 Å². The van der Waals surface area contributed by atoms with Crippen molar-refractivity contribution in [1.82, 2.24) is 25.3 Å². The van der Waals surface area contributed by atoms with Crippen molar-refractivity contribution in [3.63, 3.8) is 0 Å².